The van der Waals surface area contributed by atoms with E-state index in [-0.39, 0.29) is 0 Å². The van der Waals surface area contributed by atoms with Crippen molar-refractivity contribution in [2.75, 3.05) is 19.7 Å². The maximum atomic E-state index is 9.38. The zero-order valence-corrected chi connectivity index (χ0v) is 11.0. The molecule has 1 N–H and O–H groups in total. The number of rotatable bonds is 2. The van der Waals surface area contributed by atoms with E-state index >= 15 is 0 Å². The smallest absolute Gasteiger partial charge is 0.0471 e. The van der Waals surface area contributed by atoms with Gasteiger partial charge in [0.05, 0.1) is 0 Å². The van der Waals surface area contributed by atoms with Gasteiger partial charge in [-0.15, -0.1) is 0 Å². The summed E-state index contributed by atoms with van der Waals surface area (Å²) in [6.07, 6.45) is 6.27. The van der Waals surface area contributed by atoms with Crippen LogP contribution in [0.5, 0.6) is 0 Å². The molecule has 1 aromatic carbocycles. The molecule has 0 amide bonds. The number of benzene rings is 1. The highest BCUT2D eigenvalue weighted by molar-refractivity contribution is 5.32. The van der Waals surface area contributed by atoms with Gasteiger partial charge in [-0.1, -0.05) is 24.3 Å². The molecule has 2 nitrogen and oxygen atoms in total. The van der Waals surface area contributed by atoms with Crippen LogP contribution in [0, 0.1) is 5.92 Å². The van der Waals surface area contributed by atoms with Gasteiger partial charge < -0.3 is 5.11 Å². The van der Waals surface area contributed by atoms with E-state index < -0.39 is 0 Å². The first kappa shape index (κ1) is 12.2. The topological polar surface area (TPSA) is 23.5 Å². The Labute approximate surface area is 110 Å². The average molecular weight is 245 g/mol. The summed E-state index contributed by atoms with van der Waals surface area (Å²) in [5.41, 5.74) is 3.09. The molecule has 18 heavy (non-hydrogen) atoms. The van der Waals surface area contributed by atoms with Gasteiger partial charge in [0, 0.05) is 19.2 Å². The molecule has 1 aliphatic heterocycles. The van der Waals surface area contributed by atoms with Crippen molar-refractivity contribution in [1.29, 1.82) is 0 Å². The fourth-order valence-corrected chi connectivity index (χ4v) is 3.64. The van der Waals surface area contributed by atoms with E-state index in [4.69, 9.17) is 0 Å². The van der Waals surface area contributed by atoms with E-state index in [9.17, 15) is 5.11 Å². The molecule has 0 spiro atoms. The molecule has 1 heterocycles. The Morgan fingerprint density at radius 3 is 2.94 bits per heavy atom. The lowest BCUT2D eigenvalue weighted by Gasteiger charge is -2.40. The second-order valence-electron chi connectivity index (χ2n) is 5.79. The van der Waals surface area contributed by atoms with Crippen molar-refractivity contribution in [2.24, 2.45) is 5.92 Å². The van der Waals surface area contributed by atoms with E-state index in [0.29, 0.717) is 18.6 Å². The Morgan fingerprint density at radius 2 is 2.06 bits per heavy atom. The average Bonchev–Trinajstić information content (AvgIpc) is 2.47. The van der Waals surface area contributed by atoms with Crippen molar-refractivity contribution in [3.63, 3.8) is 0 Å². The van der Waals surface area contributed by atoms with Crippen molar-refractivity contribution < 1.29 is 5.11 Å². The first-order valence-corrected chi connectivity index (χ1v) is 7.31. The standard InChI is InChI=1S/C16H23NO/c18-12-13-5-4-10-17(11-13)16-9-3-7-14-6-1-2-8-15(14)16/h1-2,6,8,13,16,18H,3-5,7,9-12H2. The van der Waals surface area contributed by atoms with E-state index in [0.717, 1.165) is 6.54 Å². The highest BCUT2D eigenvalue weighted by atomic mass is 16.3. The Kier molecular flexibility index (Phi) is 3.67. The van der Waals surface area contributed by atoms with Crippen LogP contribution in [0.2, 0.25) is 0 Å². The van der Waals surface area contributed by atoms with Crippen molar-refractivity contribution in [3.8, 4) is 0 Å². The van der Waals surface area contributed by atoms with Crippen LogP contribution in [-0.2, 0) is 6.42 Å². The lowest BCUT2D eigenvalue weighted by molar-refractivity contribution is 0.0806. The molecule has 2 aliphatic rings. The number of aryl methyl sites for hydroxylation is 1. The highest BCUT2D eigenvalue weighted by Crippen LogP contribution is 2.36. The summed E-state index contributed by atoms with van der Waals surface area (Å²) >= 11 is 0. The van der Waals surface area contributed by atoms with Gasteiger partial charge >= 0.3 is 0 Å². The Morgan fingerprint density at radius 1 is 1.17 bits per heavy atom. The van der Waals surface area contributed by atoms with E-state index in [1.165, 1.54) is 38.6 Å². The second-order valence-corrected chi connectivity index (χ2v) is 5.79. The maximum absolute atomic E-state index is 9.38. The summed E-state index contributed by atoms with van der Waals surface area (Å²) in [4.78, 5) is 2.61. The lowest BCUT2D eigenvalue weighted by Crippen LogP contribution is -2.40. The Bertz CT molecular complexity index is 404. The predicted molar refractivity (Wildman–Crippen MR) is 73.5 cm³/mol. The third-order valence-electron chi connectivity index (χ3n) is 4.59. The minimum atomic E-state index is 0.352. The van der Waals surface area contributed by atoms with Crippen molar-refractivity contribution in [3.05, 3.63) is 35.4 Å². The first-order valence-electron chi connectivity index (χ1n) is 7.31. The summed E-state index contributed by atoms with van der Waals surface area (Å²) in [6, 6.07) is 9.53. The molecule has 0 aromatic heterocycles. The number of aliphatic hydroxyl groups is 1. The van der Waals surface area contributed by atoms with E-state index in [1.807, 2.05) is 0 Å². The number of hydrogen-bond donors (Lipinski definition) is 1. The van der Waals surface area contributed by atoms with Crippen molar-refractivity contribution >= 4 is 0 Å². The van der Waals surface area contributed by atoms with E-state index in [2.05, 4.69) is 29.2 Å². The molecule has 3 rings (SSSR count). The van der Waals surface area contributed by atoms with Gasteiger partial charge in [-0.25, -0.2) is 0 Å². The molecule has 98 valence electrons. The molecule has 1 fully saturated rings. The van der Waals surface area contributed by atoms with Gasteiger partial charge in [-0.3, -0.25) is 4.90 Å². The highest BCUT2D eigenvalue weighted by Gasteiger charge is 2.29. The summed E-state index contributed by atoms with van der Waals surface area (Å²) in [5.74, 6) is 0.493. The monoisotopic (exact) mass is 245 g/mol. The largest absolute Gasteiger partial charge is 0.396 e. The van der Waals surface area contributed by atoms with Crippen LogP contribution in [0.15, 0.2) is 24.3 Å². The van der Waals surface area contributed by atoms with Gasteiger partial charge in [-0.2, -0.15) is 0 Å². The minimum Gasteiger partial charge on any atom is -0.396 e. The Balaban J connectivity index is 1.80. The summed E-state index contributed by atoms with van der Waals surface area (Å²) < 4.78 is 0. The third kappa shape index (κ3) is 2.32. The molecule has 1 aliphatic carbocycles. The molecule has 2 heteroatoms. The van der Waals surface area contributed by atoms with Crippen LogP contribution in [0.25, 0.3) is 0 Å². The molecule has 0 radical (unpaired) electrons. The summed E-state index contributed by atoms with van der Waals surface area (Å²) in [7, 11) is 0. The molecule has 1 saturated heterocycles. The summed E-state index contributed by atoms with van der Waals surface area (Å²) in [5, 5.41) is 9.38. The van der Waals surface area contributed by atoms with Crippen molar-refractivity contribution in [2.45, 2.75) is 38.1 Å². The number of nitrogens with zero attached hydrogens (tertiary/aromatic N) is 1. The van der Waals surface area contributed by atoms with Crippen LogP contribution in [0.4, 0.5) is 0 Å². The zero-order chi connectivity index (χ0) is 12.4. The van der Waals surface area contributed by atoms with Crippen LogP contribution >= 0.6 is 0 Å². The second kappa shape index (κ2) is 5.41. The third-order valence-corrected chi connectivity index (χ3v) is 4.59. The lowest BCUT2D eigenvalue weighted by atomic mass is 9.85. The van der Waals surface area contributed by atoms with E-state index in [1.54, 1.807) is 11.1 Å². The molecule has 0 bridgehead atoms. The molecular weight excluding hydrogens is 222 g/mol. The number of piperidine rings is 1. The number of hydrogen-bond acceptors (Lipinski definition) is 2. The number of likely N-dealkylation sites (tertiary alicyclic amines) is 1. The molecule has 1 aromatic rings. The molecule has 0 saturated carbocycles. The minimum absolute atomic E-state index is 0.352. The van der Waals surface area contributed by atoms with Gasteiger partial charge in [0.2, 0.25) is 0 Å². The fourth-order valence-electron chi connectivity index (χ4n) is 3.64. The molecule has 2 atom stereocenters. The fraction of sp³-hybridized carbons (Fsp3) is 0.625. The molecule has 2 unspecified atom stereocenters. The van der Waals surface area contributed by atoms with Crippen LogP contribution in [0.1, 0.15) is 42.9 Å². The quantitative estimate of drug-likeness (QED) is 0.866. The Hall–Kier alpha value is -0.860. The van der Waals surface area contributed by atoms with Crippen LogP contribution < -0.4 is 0 Å². The predicted octanol–water partition coefficient (Wildman–Crippen LogP) is 2.77. The first-order chi connectivity index (χ1) is 8.88. The van der Waals surface area contributed by atoms with Gasteiger partial charge in [0.1, 0.15) is 0 Å². The number of aliphatic hydroxyl groups excluding tert-OH is 1. The van der Waals surface area contributed by atoms with Gasteiger partial charge in [-0.05, 0) is 55.7 Å². The number of fused-ring (bicyclic) bond motifs is 1. The van der Waals surface area contributed by atoms with Crippen molar-refractivity contribution in [1.82, 2.24) is 4.90 Å². The zero-order valence-electron chi connectivity index (χ0n) is 11.0. The van der Waals surface area contributed by atoms with Crippen LogP contribution in [-0.4, -0.2) is 29.7 Å². The molecular formula is C16H23NO. The maximum Gasteiger partial charge on any atom is 0.0471 e. The van der Waals surface area contributed by atoms with Gasteiger partial charge in [0.25, 0.3) is 0 Å². The normalized spacial score (nSPS) is 28.9. The van der Waals surface area contributed by atoms with Crippen LogP contribution in [0.3, 0.4) is 0 Å². The van der Waals surface area contributed by atoms with Gasteiger partial charge in [0.15, 0.2) is 0 Å². The SMILES string of the molecule is OCC1CCCN(C2CCCc3ccccc32)C1. The summed E-state index contributed by atoms with van der Waals surface area (Å²) in [6.45, 7) is 2.63.